The Bertz CT molecular complexity index is 642. The van der Waals surface area contributed by atoms with Crippen LogP contribution in [0.15, 0.2) is 24.3 Å². The quantitative estimate of drug-likeness (QED) is 0.716. The van der Waals surface area contributed by atoms with Crippen molar-refractivity contribution in [3.05, 3.63) is 35.6 Å². The lowest BCUT2D eigenvalue weighted by Crippen LogP contribution is -2.58. The first-order valence-corrected chi connectivity index (χ1v) is 9.39. The molecule has 2 N–H and O–H groups in total. The number of hydrogen-bond acceptors (Lipinski definition) is 3. The molecule has 1 heterocycles. The predicted molar refractivity (Wildman–Crippen MR) is 101 cm³/mol. The van der Waals surface area contributed by atoms with Crippen LogP contribution in [0.4, 0.5) is 17.6 Å². The van der Waals surface area contributed by atoms with Gasteiger partial charge < -0.3 is 10.6 Å². The van der Waals surface area contributed by atoms with E-state index < -0.39 is 35.9 Å². The molecule has 1 aromatic carbocycles. The van der Waals surface area contributed by atoms with Crippen molar-refractivity contribution in [2.24, 2.45) is 0 Å². The second kappa shape index (κ2) is 9.41. The summed E-state index contributed by atoms with van der Waals surface area (Å²) in [4.78, 5) is 14.3. The smallest absolute Gasteiger partial charge is 0.353 e. The molecule has 1 amide bonds. The van der Waals surface area contributed by atoms with E-state index in [-0.39, 0.29) is 12.4 Å². The first kappa shape index (κ1) is 22.9. The van der Waals surface area contributed by atoms with Gasteiger partial charge in [0.1, 0.15) is 11.9 Å². The Morgan fingerprint density at radius 1 is 1.14 bits per heavy atom. The second-order valence-corrected chi connectivity index (χ2v) is 7.35. The van der Waals surface area contributed by atoms with E-state index >= 15 is 0 Å². The third-order valence-corrected chi connectivity index (χ3v) is 5.71. The Hall–Kier alpha value is -1.38. The topological polar surface area (TPSA) is 44.4 Å². The Kier molecular flexibility index (Phi) is 7.70. The maximum absolute atomic E-state index is 13.5. The number of amides is 1. The summed E-state index contributed by atoms with van der Waals surface area (Å²) < 4.78 is 53.9. The lowest BCUT2D eigenvalue weighted by atomic mass is 9.78. The lowest BCUT2D eigenvalue weighted by Gasteiger charge is -2.37. The van der Waals surface area contributed by atoms with Crippen LogP contribution in [0.1, 0.15) is 31.2 Å². The van der Waals surface area contributed by atoms with Crippen LogP contribution >= 0.6 is 12.4 Å². The van der Waals surface area contributed by atoms with Crippen LogP contribution in [0.5, 0.6) is 0 Å². The molecule has 1 unspecified atom stereocenters. The minimum Gasteiger partial charge on any atom is -0.353 e. The van der Waals surface area contributed by atoms with Crippen LogP contribution in [-0.4, -0.2) is 55.7 Å². The molecule has 1 aliphatic carbocycles. The standard InChI is InChI=1S/C19H25F4N3O.ClH/c20-15-5-3-14(4-6-15)18(7-1-2-8-18)17(27)25-13-16(19(21,22)23)26-11-9-24-10-12-26;/h3-6,16,24H,1-2,7-13H2,(H,25,27);1H. The highest BCUT2D eigenvalue weighted by molar-refractivity contribution is 5.88. The third-order valence-electron chi connectivity index (χ3n) is 5.71. The number of alkyl halides is 3. The summed E-state index contributed by atoms with van der Waals surface area (Å²) in [6.45, 7) is 1.12. The van der Waals surface area contributed by atoms with Gasteiger partial charge in [-0.3, -0.25) is 9.69 Å². The van der Waals surface area contributed by atoms with Crippen LogP contribution in [0.2, 0.25) is 0 Å². The highest BCUT2D eigenvalue weighted by Gasteiger charge is 2.46. The molecule has 28 heavy (non-hydrogen) atoms. The monoisotopic (exact) mass is 423 g/mol. The van der Waals surface area contributed by atoms with E-state index in [1.54, 1.807) is 12.1 Å². The molecule has 2 fully saturated rings. The molecule has 4 nitrogen and oxygen atoms in total. The van der Waals surface area contributed by atoms with Gasteiger partial charge in [0.15, 0.2) is 0 Å². The van der Waals surface area contributed by atoms with Gasteiger partial charge in [0.05, 0.1) is 5.41 Å². The fraction of sp³-hybridized carbons (Fsp3) is 0.632. The summed E-state index contributed by atoms with van der Waals surface area (Å²) in [6, 6.07) is 4.02. The zero-order valence-corrected chi connectivity index (χ0v) is 16.3. The number of nitrogens with one attached hydrogen (secondary N) is 2. The number of benzene rings is 1. The SMILES string of the molecule is Cl.O=C(NCC(N1CCNCC1)C(F)(F)F)C1(c2ccc(F)cc2)CCCC1. The highest BCUT2D eigenvalue weighted by atomic mass is 35.5. The van der Waals surface area contributed by atoms with Crippen LogP contribution in [0.25, 0.3) is 0 Å². The normalized spacial score (nSPS) is 21.0. The molecule has 0 aromatic heterocycles. The molecule has 1 saturated carbocycles. The molecule has 1 atom stereocenters. The molecule has 3 rings (SSSR count). The number of rotatable bonds is 5. The van der Waals surface area contributed by atoms with Gasteiger partial charge in [-0.25, -0.2) is 4.39 Å². The molecule has 1 saturated heterocycles. The van der Waals surface area contributed by atoms with Gasteiger partial charge >= 0.3 is 6.18 Å². The summed E-state index contributed by atoms with van der Waals surface area (Å²) >= 11 is 0. The minimum atomic E-state index is -4.41. The van der Waals surface area contributed by atoms with Gasteiger partial charge in [0.25, 0.3) is 0 Å². The van der Waals surface area contributed by atoms with E-state index in [4.69, 9.17) is 0 Å². The average molecular weight is 424 g/mol. The minimum absolute atomic E-state index is 0. The van der Waals surface area contributed by atoms with Gasteiger partial charge in [0.2, 0.25) is 5.91 Å². The first-order chi connectivity index (χ1) is 12.8. The van der Waals surface area contributed by atoms with E-state index in [1.165, 1.54) is 17.0 Å². The van der Waals surface area contributed by atoms with Crippen molar-refractivity contribution in [3.8, 4) is 0 Å². The van der Waals surface area contributed by atoms with E-state index in [1.807, 2.05) is 0 Å². The van der Waals surface area contributed by atoms with Crippen LogP contribution < -0.4 is 10.6 Å². The third kappa shape index (κ3) is 4.96. The predicted octanol–water partition coefficient (Wildman–Crippen LogP) is 3.01. The number of carbonyl (C=O) groups is 1. The fourth-order valence-corrected chi connectivity index (χ4v) is 4.20. The first-order valence-electron chi connectivity index (χ1n) is 9.39. The van der Waals surface area contributed by atoms with Crippen LogP contribution in [-0.2, 0) is 10.2 Å². The van der Waals surface area contributed by atoms with Gasteiger partial charge in [-0.15, -0.1) is 12.4 Å². The van der Waals surface area contributed by atoms with E-state index in [2.05, 4.69) is 10.6 Å². The highest BCUT2D eigenvalue weighted by Crippen LogP contribution is 2.41. The Balaban J connectivity index is 0.00000280. The zero-order chi connectivity index (χ0) is 19.5. The second-order valence-electron chi connectivity index (χ2n) is 7.35. The van der Waals surface area contributed by atoms with Crippen molar-refractivity contribution in [1.82, 2.24) is 15.5 Å². The lowest BCUT2D eigenvalue weighted by molar-refractivity contribution is -0.184. The molecule has 1 aliphatic heterocycles. The largest absolute Gasteiger partial charge is 0.405 e. The molecular weight excluding hydrogens is 398 g/mol. The van der Waals surface area contributed by atoms with Crippen molar-refractivity contribution in [3.63, 3.8) is 0 Å². The Morgan fingerprint density at radius 3 is 2.25 bits per heavy atom. The van der Waals surface area contributed by atoms with E-state index in [0.717, 1.165) is 12.8 Å². The van der Waals surface area contributed by atoms with Crippen LogP contribution in [0.3, 0.4) is 0 Å². The Morgan fingerprint density at radius 2 is 1.71 bits per heavy atom. The molecular formula is C19H26ClF4N3O. The van der Waals surface area contributed by atoms with Gasteiger partial charge in [0, 0.05) is 32.7 Å². The summed E-state index contributed by atoms with van der Waals surface area (Å²) in [7, 11) is 0. The van der Waals surface area contributed by atoms with Crippen molar-refractivity contribution in [2.45, 2.75) is 43.3 Å². The average Bonchev–Trinajstić information content (AvgIpc) is 3.13. The molecule has 158 valence electrons. The molecule has 0 radical (unpaired) electrons. The summed E-state index contributed by atoms with van der Waals surface area (Å²) in [5, 5.41) is 5.60. The van der Waals surface area contributed by atoms with Crippen molar-refractivity contribution in [1.29, 1.82) is 0 Å². The molecule has 2 aliphatic rings. The number of halogens is 5. The van der Waals surface area contributed by atoms with E-state index in [0.29, 0.717) is 44.6 Å². The number of hydrogen-bond donors (Lipinski definition) is 2. The molecule has 9 heteroatoms. The van der Waals surface area contributed by atoms with Gasteiger partial charge in [-0.05, 0) is 30.5 Å². The van der Waals surface area contributed by atoms with Crippen molar-refractivity contribution in [2.75, 3.05) is 32.7 Å². The van der Waals surface area contributed by atoms with Crippen molar-refractivity contribution < 1.29 is 22.4 Å². The Labute approximate surface area is 168 Å². The molecule has 0 spiro atoms. The zero-order valence-electron chi connectivity index (χ0n) is 15.5. The van der Waals surface area contributed by atoms with Gasteiger partial charge in [-0.1, -0.05) is 25.0 Å². The molecule has 1 aromatic rings. The summed E-state index contributed by atoms with van der Waals surface area (Å²) in [6.07, 6.45) is -1.64. The molecule has 0 bridgehead atoms. The number of nitrogens with zero attached hydrogens (tertiary/aromatic N) is 1. The van der Waals surface area contributed by atoms with E-state index in [9.17, 15) is 22.4 Å². The van der Waals surface area contributed by atoms with Crippen LogP contribution in [0, 0.1) is 5.82 Å². The number of piperazine rings is 1. The van der Waals surface area contributed by atoms with Crippen molar-refractivity contribution >= 4 is 18.3 Å². The number of carbonyl (C=O) groups excluding carboxylic acids is 1. The summed E-state index contributed by atoms with van der Waals surface area (Å²) in [5.74, 6) is -0.792. The maximum atomic E-state index is 13.5. The fourth-order valence-electron chi connectivity index (χ4n) is 4.20. The summed E-state index contributed by atoms with van der Waals surface area (Å²) in [5.41, 5.74) is -0.197. The maximum Gasteiger partial charge on any atom is 0.405 e. The van der Waals surface area contributed by atoms with Gasteiger partial charge in [-0.2, -0.15) is 13.2 Å².